The van der Waals surface area contributed by atoms with Gasteiger partial charge < -0.3 is 25.8 Å². The van der Waals surface area contributed by atoms with E-state index in [0.717, 1.165) is 5.56 Å². The number of esters is 2. The molecule has 178 valence electrons. The largest absolute Gasteiger partial charge is 0.452 e. The van der Waals surface area contributed by atoms with Crippen molar-refractivity contribution >= 4 is 35.6 Å². The van der Waals surface area contributed by atoms with E-state index in [1.165, 1.54) is 12.2 Å². The SMILES string of the molecule is N=C(N)Nc1ccc(C(=O)Oc2ccc(C=CC(=O)OCC(=O)NCc3ccccc3)cc2)cc1. The Labute approximate surface area is 202 Å². The zero-order valence-electron chi connectivity index (χ0n) is 18.7. The normalized spacial score (nSPS) is 10.4. The van der Waals surface area contributed by atoms with Crippen LogP contribution < -0.4 is 21.1 Å². The quantitative estimate of drug-likeness (QED) is 0.123. The van der Waals surface area contributed by atoms with Gasteiger partial charge in [-0.1, -0.05) is 42.5 Å². The fraction of sp³-hybridized carbons (Fsp3) is 0.0769. The van der Waals surface area contributed by atoms with Crippen LogP contribution in [-0.4, -0.2) is 30.4 Å². The third-order valence-corrected chi connectivity index (χ3v) is 4.58. The summed E-state index contributed by atoms with van der Waals surface area (Å²) < 4.78 is 10.3. The Morgan fingerprint density at radius 1 is 0.914 bits per heavy atom. The number of amides is 1. The fourth-order valence-electron chi connectivity index (χ4n) is 2.85. The van der Waals surface area contributed by atoms with Gasteiger partial charge in [0.1, 0.15) is 5.75 Å². The lowest BCUT2D eigenvalue weighted by molar-refractivity contribution is -0.143. The highest BCUT2D eigenvalue weighted by molar-refractivity contribution is 5.93. The standard InChI is InChI=1S/C26H24N4O5/c27-26(28)30-21-11-9-20(10-12-21)25(33)35-22-13-6-18(7-14-22)8-15-24(32)34-17-23(31)29-16-19-4-2-1-3-5-19/h1-15H,16-17H2,(H,29,31)(H4,27,28,30). The summed E-state index contributed by atoms with van der Waals surface area (Å²) in [4.78, 5) is 36.0. The van der Waals surface area contributed by atoms with E-state index in [-0.39, 0.29) is 12.6 Å². The molecule has 0 radical (unpaired) electrons. The predicted molar refractivity (Wildman–Crippen MR) is 132 cm³/mol. The van der Waals surface area contributed by atoms with E-state index < -0.39 is 17.8 Å². The molecule has 5 N–H and O–H groups in total. The number of hydrogen-bond donors (Lipinski definition) is 4. The van der Waals surface area contributed by atoms with Crippen molar-refractivity contribution in [3.05, 3.63) is 102 Å². The van der Waals surface area contributed by atoms with Crippen molar-refractivity contribution in [1.29, 1.82) is 5.41 Å². The summed E-state index contributed by atoms with van der Waals surface area (Å²) in [5, 5.41) is 12.5. The fourth-order valence-corrected chi connectivity index (χ4v) is 2.85. The van der Waals surface area contributed by atoms with Gasteiger partial charge in [0.15, 0.2) is 12.6 Å². The molecule has 0 heterocycles. The molecular formula is C26H24N4O5. The maximum atomic E-state index is 12.3. The zero-order chi connectivity index (χ0) is 25.0. The minimum atomic E-state index is -0.655. The molecule has 0 unspecified atom stereocenters. The summed E-state index contributed by atoms with van der Waals surface area (Å²) in [5.74, 6) is -1.47. The second kappa shape index (κ2) is 12.4. The van der Waals surface area contributed by atoms with Gasteiger partial charge in [0.25, 0.3) is 5.91 Å². The van der Waals surface area contributed by atoms with Gasteiger partial charge in [0.05, 0.1) is 5.56 Å². The minimum absolute atomic E-state index is 0.202. The Hall–Kier alpha value is -4.92. The van der Waals surface area contributed by atoms with Gasteiger partial charge in [-0.15, -0.1) is 0 Å². The molecule has 9 heteroatoms. The molecule has 35 heavy (non-hydrogen) atoms. The molecule has 0 bridgehead atoms. The molecule has 0 saturated carbocycles. The molecule has 0 spiro atoms. The van der Waals surface area contributed by atoms with Gasteiger partial charge in [-0.25, -0.2) is 9.59 Å². The molecule has 0 aromatic heterocycles. The number of carbonyl (C=O) groups excluding carboxylic acids is 3. The summed E-state index contributed by atoms with van der Waals surface area (Å²) in [6, 6.07) is 22.2. The van der Waals surface area contributed by atoms with Crippen molar-refractivity contribution in [2.24, 2.45) is 5.73 Å². The maximum Gasteiger partial charge on any atom is 0.343 e. The van der Waals surface area contributed by atoms with Crippen LogP contribution in [0, 0.1) is 5.41 Å². The van der Waals surface area contributed by atoms with Crippen molar-refractivity contribution in [2.75, 3.05) is 11.9 Å². The van der Waals surface area contributed by atoms with E-state index in [9.17, 15) is 14.4 Å². The van der Waals surface area contributed by atoms with Crippen LogP contribution in [0.25, 0.3) is 6.08 Å². The van der Waals surface area contributed by atoms with Crippen LogP contribution >= 0.6 is 0 Å². The Bertz CT molecular complexity index is 1210. The number of nitrogens with two attached hydrogens (primary N) is 1. The summed E-state index contributed by atoms with van der Waals surface area (Å²) in [6.45, 7) is -0.0247. The average molecular weight is 473 g/mol. The smallest absolute Gasteiger partial charge is 0.343 e. The van der Waals surface area contributed by atoms with Crippen LogP contribution in [0.15, 0.2) is 84.9 Å². The second-order valence-electron chi connectivity index (χ2n) is 7.28. The van der Waals surface area contributed by atoms with Crippen molar-refractivity contribution in [3.8, 4) is 5.75 Å². The highest BCUT2D eigenvalue weighted by Crippen LogP contribution is 2.16. The Morgan fingerprint density at radius 2 is 1.60 bits per heavy atom. The molecule has 1 amide bonds. The number of anilines is 1. The van der Waals surface area contributed by atoms with Gasteiger partial charge in [-0.05, 0) is 53.6 Å². The number of carbonyl (C=O) groups is 3. The Kier molecular flexibility index (Phi) is 8.73. The monoisotopic (exact) mass is 472 g/mol. The predicted octanol–water partition coefficient (Wildman–Crippen LogP) is 3.08. The number of nitrogens with one attached hydrogen (secondary N) is 3. The number of rotatable bonds is 9. The van der Waals surface area contributed by atoms with E-state index in [1.807, 2.05) is 30.3 Å². The van der Waals surface area contributed by atoms with Crippen LogP contribution in [0.3, 0.4) is 0 Å². The number of hydrogen-bond acceptors (Lipinski definition) is 6. The lowest BCUT2D eigenvalue weighted by Gasteiger charge is -2.07. The third kappa shape index (κ3) is 8.50. The van der Waals surface area contributed by atoms with E-state index >= 15 is 0 Å². The van der Waals surface area contributed by atoms with Gasteiger partial charge in [-0.2, -0.15) is 0 Å². The number of benzene rings is 3. The van der Waals surface area contributed by atoms with E-state index in [2.05, 4.69) is 10.6 Å². The second-order valence-corrected chi connectivity index (χ2v) is 7.28. The molecular weight excluding hydrogens is 448 g/mol. The first kappa shape index (κ1) is 24.7. The molecule has 9 nitrogen and oxygen atoms in total. The number of ether oxygens (including phenoxy) is 2. The molecule has 3 rings (SSSR count). The topological polar surface area (TPSA) is 144 Å². The van der Waals surface area contributed by atoms with Crippen molar-refractivity contribution in [1.82, 2.24) is 5.32 Å². The van der Waals surface area contributed by atoms with Gasteiger partial charge in [0, 0.05) is 18.3 Å². The van der Waals surface area contributed by atoms with Crippen molar-refractivity contribution in [2.45, 2.75) is 6.54 Å². The van der Waals surface area contributed by atoms with Crippen molar-refractivity contribution < 1.29 is 23.9 Å². The summed E-state index contributed by atoms with van der Waals surface area (Å²) >= 11 is 0. The van der Waals surface area contributed by atoms with Crippen LogP contribution in [0.4, 0.5) is 5.69 Å². The molecule has 3 aromatic carbocycles. The summed E-state index contributed by atoms with van der Waals surface area (Å²) in [6.07, 6.45) is 2.73. The minimum Gasteiger partial charge on any atom is -0.452 e. The van der Waals surface area contributed by atoms with Gasteiger partial charge in [0.2, 0.25) is 0 Å². The maximum absolute atomic E-state index is 12.3. The first-order valence-corrected chi connectivity index (χ1v) is 10.6. The molecule has 0 saturated heterocycles. The highest BCUT2D eigenvalue weighted by Gasteiger charge is 2.09. The lowest BCUT2D eigenvalue weighted by atomic mass is 10.2. The van der Waals surface area contributed by atoms with Crippen molar-refractivity contribution in [3.63, 3.8) is 0 Å². The lowest BCUT2D eigenvalue weighted by Crippen LogP contribution is -2.28. The molecule has 3 aromatic rings. The first-order chi connectivity index (χ1) is 16.9. The molecule has 0 aliphatic rings. The summed E-state index contributed by atoms with van der Waals surface area (Å²) in [7, 11) is 0. The van der Waals surface area contributed by atoms with Crippen LogP contribution in [0.5, 0.6) is 5.75 Å². The van der Waals surface area contributed by atoms with Gasteiger partial charge in [-0.3, -0.25) is 10.2 Å². The average Bonchev–Trinajstić information content (AvgIpc) is 2.86. The Morgan fingerprint density at radius 3 is 2.26 bits per heavy atom. The first-order valence-electron chi connectivity index (χ1n) is 10.6. The van der Waals surface area contributed by atoms with Crippen LogP contribution in [0.2, 0.25) is 0 Å². The zero-order valence-corrected chi connectivity index (χ0v) is 18.7. The van der Waals surface area contributed by atoms with Crippen LogP contribution in [-0.2, 0) is 20.9 Å². The van der Waals surface area contributed by atoms with E-state index in [4.69, 9.17) is 20.6 Å². The van der Waals surface area contributed by atoms with Gasteiger partial charge >= 0.3 is 11.9 Å². The Balaban J connectivity index is 1.43. The third-order valence-electron chi connectivity index (χ3n) is 4.58. The molecule has 0 fully saturated rings. The van der Waals surface area contributed by atoms with E-state index in [1.54, 1.807) is 48.5 Å². The molecule has 0 aliphatic heterocycles. The van der Waals surface area contributed by atoms with Crippen LogP contribution in [0.1, 0.15) is 21.5 Å². The summed E-state index contributed by atoms with van der Waals surface area (Å²) in [5.41, 5.74) is 7.80. The molecule has 0 aliphatic carbocycles. The molecule has 0 atom stereocenters. The van der Waals surface area contributed by atoms with E-state index in [0.29, 0.717) is 29.1 Å². The number of guanidine groups is 1. The highest BCUT2D eigenvalue weighted by atomic mass is 16.5.